The second-order valence-electron chi connectivity index (χ2n) is 6.42. The Hall–Kier alpha value is -2.70. The Morgan fingerprint density at radius 1 is 1.28 bits per heavy atom. The van der Waals surface area contributed by atoms with Crippen molar-refractivity contribution in [1.29, 1.82) is 0 Å². The fourth-order valence-electron chi connectivity index (χ4n) is 3.29. The Balaban J connectivity index is 1.72. The van der Waals surface area contributed by atoms with Gasteiger partial charge in [-0.2, -0.15) is 0 Å². The lowest BCUT2D eigenvalue weighted by molar-refractivity contribution is -0.136. The van der Waals surface area contributed by atoms with E-state index in [4.69, 9.17) is 0 Å². The van der Waals surface area contributed by atoms with Gasteiger partial charge in [0.05, 0.1) is 17.2 Å². The van der Waals surface area contributed by atoms with E-state index in [1.807, 2.05) is 19.1 Å². The van der Waals surface area contributed by atoms with Gasteiger partial charge in [-0.1, -0.05) is 12.1 Å². The molecule has 0 atom stereocenters. The van der Waals surface area contributed by atoms with Crippen molar-refractivity contribution in [3.63, 3.8) is 0 Å². The van der Waals surface area contributed by atoms with Crippen molar-refractivity contribution < 1.29 is 9.59 Å². The molecule has 1 fully saturated rings. The molecule has 7 heteroatoms. The minimum absolute atomic E-state index is 0.0254. The quantitative estimate of drug-likeness (QED) is 0.889. The summed E-state index contributed by atoms with van der Waals surface area (Å²) in [7, 11) is 1.63. The molecular weight excluding hydrogens is 320 g/mol. The van der Waals surface area contributed by atoms with Crippen LogP contribution >= 0.6 is 0 Å². The monoisotopic (exact) mass is 342 g/mol. The largest absolute Gasteiger partial charge is 0.359 e. The summed E-state index contributed by atoms with van der Waals surface area (Å²) in [5.74, 6) is -0.134. The average Bonchev–Trinajstić information content (AvgIpc) is 2.64. The van der Waals surface area contributed by atoms with Gasteiger partial charge < -0.3 is 10.2 Å². The van der Waals surface area contributed by atoms with E-state index in [0.717, 1.165) is 5.56 Å². The van der Waals surface area contributed by atoms with Crippen molar-refractivity contribution in [1.82, 2.24) is 19.8 Å². The van der Waals surface area contributed by atoms with Crippen LogP contribution in [0.4, 0.5) is 0 Å². The van der Waals surface area contributed by atoms with E-state index in [1.54, 1.807) is 18.0 Å². The van der Waals surface area contributed by atoms with Gasteiger partial charge in [-0.15, -0.1) is 0 Å². The van der Waals surface area contributed by atoms with Crippen molar-refractivity contribution in [2.75, 3.05) is 20.1 Å². The number of amides is 2. The molecule has 3 rings (SSSR count). The van der Waals surface area contributed by atoms with Gasteiger partial charge in [-0.3, -0.25) is 19.0 Å². The maximum atomic E-state index is 12.6. The first kappa shape index (κ1) is 17.1. The molecule has 2 amide bonds. The molecule has 1 aliphatic rings. The SMILES string of the molecule is CNC(=O)C1CCN(C(=O)Cn2cnc3c(C)cccc3c2=O)CC1. The number of para-hydroxylation sites is 1. The molecule has 0 bridgehead atoms. The Labute approximate surface area is 145 Å². The van der Waals surface area contributed by atoms with Crippen LogP contribution < -0.4 is 10.9 Å². The lowest BCUT2D eigenvalue weighted by atomic mass is 9.96. The number of aromatic nitrogens is 2. The number of rotatable bonds is 3. The van der Waals surface area contributed by atoms with Crippen molar-refractivity contribution >= 4 is 22.7 Å². The highest BCUT2D eigenvalue weighted by atomic mass is 16.2. The van der Waals surface area contributed by atoms with Crippen LogP contribution in [0.2, 0.25) is 0 Å². The zero-order valence-electron chi connectivity index (χ0n) is 14.5. The molecule has 0 aliphatic carbocycles. The van der Waals surface area contributed by atoms with E-state index in [-0.39, 0.29) is 29.8 Å². The molecule has 132 valence electrons. The van der Waals surface area contributed by atoms with Crippen LogP contribution in [0.25, 0.3) is 10.9 Å². The Bertz CT molecular complexity index is 866. The van der Waals surface area contributed by atoms with Crippen LogP contribution in [0.5, 0.6) is 0 Å². The number of carbonyl (C=O) groups excluding carboxylic acids is 2. The van der Waals surface area contributed by atoms with Crippen molar-refractivity contribution in [2.24, 2.45) is 5.92 Å². The van der Waals surface area contributed by atoms with Crippen LogP contribution in [0.3, 0.4) is 0 Å². The van der Waals surface area contributed by atoms with Crippen LogP contribution in [0.15, 0.2) is 29.3 Å². The molecule has 1 aromatic heterocycles. The molecule has 0 saturated carbocycles. The summed E-state index contributed by atoms with van der Waals surface area (Å²) in [6.07, 6.45) is 2.73. The summed E-state index contributed by atoms with van der Waals surface area (Å²) in [6, 6.07) is 5.45. The van der Waals surface area contributed by atoms with Gasteiger partial charge in [-0.05, 0) is 31.4 Å². The number of benzene rings is 1. The lowest BCUT2D eigenvalue weighted by Gasteiger charge is -2.31. The molecule has 1 N–H and O–H groups in total. The zero-order valence-corrected chi connectivity index (χ0v) is 14.5. The standard InChI is InChI=1S/C18H22N4O3/c1-12-4-3-5-14-16(12)20-11-22(18(14)25)10-15(23)21-8-6-13(7-9-21)17(24)19-2/h3-5,11,13H,6-10H2,1-2H3,(H,19,24). The molecule has 1 aromatic carbocycles. The first-order valence-electron chi connectivity index (χ1n) is 8.45. The van der Waals surface area contributed by atoms with Crippen LogP contribution in [-0.4, -0.2) is 46.4 Å². The van der Waals surface area contributed by atoms with Crippen molar-refractivity contribution in [3.8, 4) is 0 Å². The van der Waals surface area contributed by atoms with E-state index in [1.165, 1.54) is 10.9 Å². The van der Waals surface area contributed by atoms with Gasteiger partial charge in [0.25, 0.3) is 5.56 Å². The molecule has 1 saturated heterocycles. The van der Waals surface area contributed by atoms with Gasteiger partial charge in [-0.25, -0.2) is 4.98 Å². The maximum Gasteiger partial charge on any atom is 0.261 e. The molecule has 2 aromatic rings. The van der Waals surface area contributed by atoms with Gasteiger partial charge in [0, 0.05) is 26.1 Å². The smallest absolute Gasteiger partial charge is 0.261 e. The third kappa shape index (κ3) is 3.40. The summed E-state index contributed by atoms with van der Waals surface area (Å²) in [5.41, 5.74) is 1.40. The lowest BCUT2D eigenvalue weighted by Crippen LogP contribution is -2.44. The van der Waals surface area contributed by atoms with Gasteiger partial charge >= 0.3 is 0 Å². The minimum Gasteiger partial charge on any atom is -0.359 e. The molecule has 0 spiro atoms. The fraction of sp³-hybridized carbons (Fsp3) is 0.444. The predicted octanol–water partition coefficient (Wildman–Crippen LogP) is 0.690. The summed E-state index contributed by atoms with van der Waals surface area (Å²) >= 11 is 0. The third-order valence-corrected chi connectivity index (χ3v) is 4.83. The Morgan fingerprint density at radius 2 is 2.00 bits per heavy atom. The first-order chi connectivity index (χ1) is 12.0. The predicted molar refractivity (Wildman–Crippen MR) is 94.1 cm³/mol. The molecule has 25 heavy (non-hydrogen) atoms. The highest BCUT2D eigenvalue weighted by molar-refractivity contribution is 5.82. The Morgan fingerprint density at radius 3 is 2.68 bits per heavy atom. The van der Waals surface area contributed by atoms with E-state index in [2.05, 4.69) is 10.3 Å². The van der Waals surface area contributed by atoms with Crippen molar-refractivity contribution in [2.45, 2.75) is 26.3 Å². The van der Waals surface area contributed by atoms with Gasteiger partial charge in [0.15, 0.2) is 0 Å². The van der Waals surface area contributed by atoms with E-state index >= 15 is 0 Å². The van der Waals surface area contributed by atoms with E-state index in [9.17, 15) is 14.4 Å². The average molecular weight is 342 g/mol. The number of aryl methyl sites for hydroxylation is 1. The first-order valence-corrected chi connectivity index (χ1v) is 8.45. The van der Waals surface area contributed by atoms with Crippen LogP contribution in [0.1, 0.15) is 18.4 Å². The fourth-order valence-corrected chi connectivity index (χ4v) is 3.29. The number of hydrogen-bond donors (Lipinski definition) is 1. The number of nitrogens with zero attached hydrogens (tertiary/aromatic N) is 3. The molecule has 0 radical (unpaired) electrons. The van der Waals surface area contributed by atoms with E-state index in [0.29, 0.717) is 36.8 Å². The highest BCUT2D eigenvalue weighted by Crippen LogP contribution is 2.17. The summed E-state index contributed by atoms with van der Waals surface area (Å²) < 4.78 is 1.36. The molecule has 7 nitrogen and oxygen atoms in total. The number of piperidine rings is 1. The number of fused-ring (bicyclic) bond motifs is 1. The molecule has 0 unspecified atom stereocenters. The number of likely N-dealkylation sites (tertiary alicyclic amines) is 1. The Kier molecular flexibility index (Phi) is 4.83. The normalized spacial score (nSPS) is 15.4. The van der Waals surface area contributed by atoms with Crippen LogP contribution in [-0.2, 0) is 16.1 Å². The van der Waals surface area contributed by atoms with Crippen molar-refractivity contribution in [3.05, 3.63) is 40.4 Å². The zero-order chi connectivity index (χ0) is 18.0. The number of carbonyl (C=O) groups is 2. The van der Waals surface area contributed by atoms with Gasteiger partial charge in [0.1, 0.15) is 6.54 Å². The summed E-state index contributed by atoms with van der Waals surface area (Å²) in [4.78, 5) is 42.8. The van der Waals surface area contributed by atoms with Gasteiger partial charge in [0.2, 0.25) is 11.8 Å². The highest BCUT2D eigenvalue weighted by Gasteiger charge is 2.26. The van der Waals surface area contributed by atoms with E-state index < -0.39 is 0 Å². The topological polar surface area (TPSA) is 84.3 Å². The third-order valence-electron chi connectivity index (χ3n) is 4.83. The summed E-state index contributed by atoms with van der Waals surface area (Å²) in [6.45, 7) is 2.94. The number of nitrogens with one attached hydrogen (secondary N) is 1. The van der Waals surface area contributed by atoms with Crippen LogP contribution in [0, 0.1) is 12.8 Å². The second-order valence-corrected chi connectivity index (χ2v) is 6.42. The maximum absolute atomic E-state index is 12.6. The minimum atomic E-state index is -0.206. The summed E-state index contributed by atoms with van der Waals surface area (Å²) in [5, 5.41) is 3.17. The number of hydrogen-bond acceptors (Lipinski definition) is 4. The molecule has 1 aliphatic heterocycles. The second kappa shape index (κ2) is 7.04. The molecule has 2 heterocycles. The molecular formula is C18H22N4O3.